The second-order valence-corrected chi connectivity index (χ2v) is 9.39. The van der Waals surface area contributed by atoms with E-state index in [1.165, 1.54) is 17.0 Å². The SMILES string of the molecule is Cc1nc(-c2cnn(C)c2COC(=O)N(C)Cc2cccc(F)c2)ccc1O[C@H]1CCCC(C(=O)O)C1. The molecule has 1 fully saturated rings. The van der Waals surface area contributed by atoms with Crippen molar-refractivity contribution in [3.05, 3.63) is 65.4 Å². The summed E-state index contributed by atoms with van der Waals surface area (Å²) in [6.45, 7) is 2.04. The molecule has 1 N–H and O–H groups in total. The number of carboxylic acid groups (broad SMARTS) is 1. The van der Waals surface area contributed by atoms with Crippen LogP contribution in [0.5, 0.6) is 5.75 Å². The van der Waals surface area contributed by atoms with Gasteiger partial charge in [-0.1, -0.05) is 12.1 Å². The lowest BCUT2D eigenvalue weighted by molar-refractivity contribution is -0.143. The zero-order valence-corrected chi connectivity index (χ0v) is 21.2. The van der Waals surface area contributed by atoms with Gasteiger partial charge in [0.05, 0.1) is 35.3 Å². The minimum Gasteiger partial charge on any atom is -0.489 e. The molecule has 2 atom stereocenters. The van der Waals surface area contributed by atoms with Crippen LogP contribution in [0.25, 0.3) is 11.3 Å². The number of pyridine rings is 1. The van der Waals surface area contributed by atoms with Gasteiger partial charge in [-0.2, -0.15) is 5.10 Å². The van der Waals surface area contributed by atoms with Crippen molar-refractivity contribution in [1.29, 1.82) is 0 Å². The molecule has 3 aromatic rings. The first-order valence-corrected chi connectivity index (χ1v) is 12.2. The molecular weight excluding hydrogens is 479 g/mol. The van der Waals surface area contributed by atoms with Gasteiger partial charge in [-0.25, -0.2) is 14.2 Å². The summed E-state index contributed by atoms with van der Waals surface area (Å²) in [7, 11) is 3.35. The van der Waals surface area contributed by atoms with E-state index in [1.54, 1.807) is 37.1 Å². The Balaban J connectivity index is 1.41. The summed E-state index contributed by atoms with van der Waals surface area (Å²) in [5, 5.41) is 13.6. The van der Waals surface area contributed by atoms with E-state index >= 15 is 0 Å². The average molecular weight is 511 g/mol. The van der Waals surface area contributed by atoms with Gasteiger partial charge in [-0.3, -0.25) is 9.48 Å². The number of carbonyl (C=O) groups excluding carboxylic acids is 1. The van der Waals surface area contributed by atoms with Crippen LogP contribution in [0.4, 0.5) is 9.18 Å². The first kappa shape index (κ1) is 26.1. The van der Waals surface area contributed by atoms with E-state index < -0.39 is 12.1 Å². The molecule has 1 aromatic carbocycles. The van der Waals surface area contributed by atoms with E-state index in [2.05, 4.69) is 10.1 Å². The third-order valence-corrected chi connectivity index (χ3v) is 6.60. The van der Waals surface area contributed by atoms with Crippen molar-refractivity contribution in [1.82, 2.24) is 19.7 Å². The Hall–Kier alpha value is -3.95. The van der Waals surface area contributed by atoms with Crippen LogP contribution in [-0.2, 0) is 29.7 Å². The number of aromatic nitrogens is 3. The minimum absolute atomic E-state index is 0.0181. The molecule has 10 heteroatoms. The summed E-state index contributed by atoms with van der Waals surface area (Å²) in [5.74, 6) is -0.889. The van der Waals surface area contributed by atoms with Crippen molar-refractivity contribution in [3.8, 4) is 17.0 Å². The number of nitrogens with zero attached hydrogens (tertiary/aromatic N) is 4. The van der Waals surface area contributed by atoms with Gasteiger partial charge in [-0.05, 0) is 62.4 Å². The number of aliphatic carboxylic acids is 1. The van der Waals surface area contributed by atoms with E-state index in [4.69, 9.17) is 9.47 Å². The fourth-order valence-corrected chi connectivity index (χ4v) is 4.54. The molecule has 196 valence electrons. The molecule has 2 aromatic heterocycles. The van der Waals surface area contributed by atoms with Crippen molar-refractivity contribution in [2.75, 3.05) is 7.05 Å². The van der Waals surface area contributed by atoms with E-state index in [0.29, 0.717) is 41.2 Å². The smallest absolute Gasteiger partial charge is 0.410 e. The molecule has 0 aliphatic heterocycles. The van der Waals surface area contributed by atoms with E-state index in [0.717, 1.165) is 18.4 Å². The van der Waals surface area contributed by atoms with Gasteiger partial charge < -0.3 is 19.5 Å². The van der Waals surface area contributed by atoms with Crippen LogP contribution in [0.1, 0.15) is 42.6 Å². The Morgan fingerprint density at radius 2 is 2.05 bits per heavy atom. The number of amides is 1. The second kappa shape index (κ2) is 11.4. The zero-order chi connectivity index (χ0) is 26.5. The number of carbonyl (C=O) groups is 2. The Labute approximate surface area is 214 Å². The Kier molecular flexibility index (Phi) is 8.05. The number of hydrogen-bond donors (Lipinski definition) is 1. The summed E-state index contributed by atoms with van der Waals surface area (Å²) in [6, 6.07) is 9.72. The largest absolute Gasteiger partial charge is 0.489 e. The monoisotopic (exact) mass is 510 g/mol. The number of carboxylic acids is 1. The molecule has 9 nitrogen and oxygen atoms in total. The molecule has 0 bridgehead atoms. The molecule has 1 saturated carbocycles. The van der Waals surface area contributed by atoms with Crippen molar-refractivity contribution < 1.29 is 28.6 Å². The highest BCUT2D eigenvalue weighted by Crippen LogP contribution is 2.31. The van der Waals surface area contributed by atoms with Gasteiger partial charge in [-0.15, -0.1) is 0 Å². The summed E-state index contributed by atoms with van der Waals surface area (Å²) in [4.78, 5) is 30.0. The predicted octanol–water partition coefficient (Wildman–Crippen LogP) is 4.72. The van der Waals surface area contributed by atoms with Crippen molar-refractivity contribution in [2.24, 2.45) is 13.0 Å². The third kappa shape index (κ3) is 6.44. The van der Waals surface area contributed by atoms with Gasteiger partial charge in [0.15, 0.2) is 0 Å². The lowest BCUT2D eigenvalue weighted by Gasteiger charge is -2.27. The lowest BCUT2D eigenvalue weighted by Crippen LogP contribution is -2.29. The topological polar surface area (TPSA) is 107 Å². The molecule has 1 aliphatic rings. The maximum absolute atomic E-state index is 13.4. The van der Waals surface area contributed by atoms with Crippen molar-refractivity contribution in [2.45, 2.75) is 51.9 Å². The van der Waals surface area contributed by atoms with Crippen LogP contribution in [0, 0.1) is 18.7 Å². The summed E-state index contributed by atoms with van der Waals surface area (Å²) < 4.78 is 26.7. The highest BCUT2D eigenvalue weighted by Gasteiger charge is 2.28. The molecule has 0 spiro atoms. The number of rotatable bonds is 8. The van der Waals surface area contributed by atoms with Gasteiger partial charge in [0.1, 0.15) is 18.2 Å². The molecule has 2 heterocycles. The molecule has 0 radical (unpaired) electrons. The zero-order valence-electron chi connectivity index (χ0n) is 21.2. The number of halogens is 1. The summed E-state index contributed by atoms with van der Waals surface area (Å²) in [5.41, 5.74) is 3.39. The Morgan fingerprint density at radius 3 is 2.78 bits per heavy atom. The highest BCUT2D eigenvalue weighted by atomic mass is 19.1. The summed E-state index contributed by atoms with van der Waals surface area (Å²) in [6.07, 6.45) is 3.77. The van der Waals surface area contributed by atoms with Gasteiger partial charge >= 0.3 is 12.1 Å². The van der Waals surface area contributed by atoms with E-state index in [9.17, 15) is 19.1 Å². The molecular formula is C27H31FN4O5. The first-order chi connectivity index (χ1) is 17.7. The predicted molar refractivity (Wildman–Crippen MR) is 133 cm³/mol. The van der Waals surface area contributed by atoms with E-state index in [1.807, 2.05) is 19.1 Å². The maximum Gasteiger partial charge on any atom is 0.410 e. The van der Waals surface area contributed by atoms with Crippen LogP contribution >= 0.6 is 0 Å². The average Bonchev–Trinajstić information content (AvgIpc) is 3.24. The summed E-state index contributed by atoms with van der Waals surface area (Å²) >= 11 is 0. The van der Waals surface area contributed by atoms with Crippen LogP contribution in [0.2, 0.25) is 0 Å². The number of aryl methyl sites for hydroxylation is 2. The van der Waals surface area contributed by atoms with Crippen LogP contribution in [0.15, 0.2) is 42.6 Å². The molecule has 37 heavy (non-hydrogen) atoms. The Morgan fingerprint density at radius 1 is 1.24 bits per heavy atom. The van der Waals surface area contributed by atoms with Gasteiger partial charge in [0, 0.05) is 26.2 Å². The molecule has 0 saturated heterocycles. The van der Waals surface area contributed by atoms with Crippen LogP contribution in [0.3, 0.4) is 0 Å². The first-order valence-electron chi connectivity index (χ1n) is 12.2. The lowest BCUT2D eigenvalue weighted by atomic mass is 9.87. The van der Waals surface area contributed by atoms with Crippen molar-refractivity contribution in [3.63, 3.8) is 0 Å². The molecule has 1 amide bonds. The standard InChI is InChI=1S/C27H31FN4O5/c1-17-25(37-21-9-5-7-19(13-21)26(33)34)11-10-23(30-17)22-14-29-32(3)24(22)16-36-27(35)31(2)15-18-6-4-8-20(28)12-18/h4,6,8,10-12,14,19,21H,5,7,9,13,15-16H2,1-3H3,(H,33,34)/t19?,21-/m0/s1. The number of ether oxygens (including phenoxy) is 2. The normalized spacial score (nSPS) is 17.3. The number of hydrogen-bond acceptors (Lipinski definition) is 6. The molecule has 4 rings (SSSR count). The highest BCUT2D eigenvalue weighted by molar-refractivity contribution is 5.70. The van der Waals surface area contributed by atoms with E-state index in [-0.39, 0.29) is 31.0 Å². The van der Waals surface area contributed by atoms with Gasteiger partial charge in [0.2, 0.25) is 0 Å². The van der Waals surface area contributed by atoms with Crippen molar-refractivity contribution >= 4 is 12.1 Å². The fourth-order valence-electron chi connectivity index (χ4n) is 4.54. The van der Waals surface area contributed by atoms with Crippen LogP contribution in [-0.4, -0.2) is 50.0 Å². The number of benzene rings is 1. The minimum atomic E-state index is -0.775. The second-order valence-electron chi connectivity index (χ2n) is 9.39. The Bertz CT molecular complexity index is 1280. The quantitative estimate of drug-likeness (QED) is 0.467. The van der Waals surface area contributed by atoms with Crippen LogP contribution < -0.4 is 4.74 Å². The molecule has 1 unspecified atom stereocenters. The fraction of sp³-hybridized carbons (Fsp3) is 0.407. The maximum atomic E-state index is 13.4. The third-order valence-electron chi connectivity index (χ3n) is 6.60. The van der Waals surface area contributed by atoms with Gasteiger partial charge in [0.25, 0.3) is 0 Å². The molecule has 1 aliphatic carbocycles.